The van der Waals surface area contributed by atoms with E-state index in [1.807, 2.05) is 18.2 Å². The number of halogens is 1. The number of rotatable bonds is 10. The van der Waals surface area contributed by atoms with Crippen molar-refractivity contribution in [3.63, 3.8) is 0 Å². The second-order valence-corrected chi connectivity index (χ2v) is 10.1. The minimum absolute atomic E-state index is 0.0949. The average molecular weight is 520 g/mol. The molecule has 2 aromatic rings. The van der Waals surface area contributed by atoms with Gasteiger partial charge in [-0.3, -0.25) is 14.4 Å². The number of benzene rings is 1. The summed E-state index contributed by atoms with van der Waals surface area (Å²) < 4.78 is 6.36. The van der Waals surface area contributed by atoms with Crippen LogP contribution in [0.3, 0.4) is 0 Å². The summed E-state index contributed by atoms with van der Waals surface area (Å²) in [5.41, 5.74) is 0.782. The summed E-state index contributed by atoms with van der Waals surface area (Å²) in [5, 5.41) is 18.9. The molecular weight excluding hydrogens is 490 g/mol. The van der Waals surface area contributed by atoms with E-state index in [0.29, 0.717) is 23.2 Å². The number of carbonyl (C=O) groups is 3. The zero-order chi connectivity index (χ0) is 25.4. The third kappa shape index (κ3) is 7.62. The maximum absolute atomic E-state index is 13.4. The number of ether oxygens (including phenoxy) is 1. The minimum Gasteiger partial charge on any atom is -0.381 e. The Morgan fingerprint density at radius 2 is 2.00 bits per heavy atom. The van der Waals surface area contributed by atoms with Crippen LogP contribution in [0.25, 0.3) is 10.2 Å². The first-order valence-electron chi connectivity index (χ1n) is 11.7. The van der Waals surface area contributed by atoms with Crippen LogP contribution in [0.2, 0.25) is 5.02 Å². The molecule has 1 saturated heterocycles. The lowest BCUT2D eigenvalue weighted by Crippen LogP contribution is -2.55. The van der Waals surface area contributed by atoms with Gasteiger partial charge in [-0.2, -0.15) is 5.26 Å². The maximum Gasteiger partial charge on any atom is 0.243 e. The molecule has 0 spiro atoms. The number of aromatic nitrogens is 1. The van der Waals surface area contributed by atoms with E-state index in [4.69, 9.17) is 21.6 Å². The number of hydrogen-bond donors (Lipinski definition) is 3. The lowest BCUT2D eigenvalue weighted by atomic mass is 9.91. The molecule has 11 heteroatoms. The first-order chi connectivity index (χ1) is 16.8. The van der Waals surface area contributed by atoms with E-state index in [9.17, 15) is 14.4 Å². The highest BCUT2D eigenvalue weighted by atomic mass is 35.5. The number of carbonyl (C=O) groups excluding carboxylic acids is 3. The van der Waals surface area contributed by atoms with Gasteiger partial charge in [-0.1, -0.05) is 18.5 Å². The van der Waals surface area contributed by atoms with Gasteiger partial charge in [-0.25, -0.2) is 4.98 Å². The summed E-state index contributed by atoms with van der Waals surface area (Å²) in [6.07, 6.45) is 1.94. The van der Waals surface area contributed by atoms with Crippen molar-refractivity contribution in [1.82, 2.24) is 20.9 Å². The molecular formula is C24H30ClN5O4S. The van der Waals surface area contributed by atoms with E-state index < -0.39 is 12.0 Å². The molecule has 0 aliphatic carbocycles. The topological polar surface area (TPSA) is 133 Å². The summed E-state index contributed by atoms with van der Waals surface area (Å²) in [6, 6.07) is 6.13. The molecule has 1 aromatic heterocycles. The van der Waals surface area contributed by atoms with Crippen LogP contribution in [0, 0.1) is 23.2 Å². The van der Waals surface area contributed by atoms with Crippen LogP contribution < -0.4 is 16.0 Å². The Labute approximate surface area is 213 Å². The zero-order valence-electron chi connectivity index (χ0n) is 19.8. The summed E-state index contributed by atoms with van der Waals surface area (Å²) in [5.74, 6) is -1.67. The lowest BCUT2D eigenvalue weighted by molar-refractivity contribution is -0.130. The largest absolute Gasteiger partial charge is 0.381 e. The van der Waals surface area contributed by atoms with Crippen LogP contribution in [0.1, 0.15) is 38.1 Å². The van der Waals surface area contributed by atoms with E-state index in [-0.39, 0.29) is 49.1 Å². The van der Waals surface area contributed by atoms with Crippen molar-refractivity contribution in [2.45, 2.75) is 51.6 Å². The fraction of sp³-hybridized carbons (Fsp3) is 0.542. The summed E-state index contributed by atoms with van der Waals surface area (Å²) in [4.78, 5) is 42.4. The Balaban J connectivity index is 1.76. The average Bonchev–Trinajstić information content (AvgIpc) is 3.26. The van der Waals surface area contributed by atoms with Gasteiger partial charge in [0.15, 0.2) is 0 Å². The van der Waals surface area contributed by atoms with Gasteiger partial charge >= 0.3 is 0 Å². The molecule has 3 N–H and O–H groups in total. The molecule has 1 aliphatic heterocycles. The highest BCUT2D eigenvalue weighted by Crippen LogP contribution is 2.26. The second kappa shape index (κ2) is 12.8. The lowest BCUT2D eigenvalue weighted by Gasteiger charge is -2.32. The van der Waals surface area contributed by atoms with Gasteiger partial charge in [-0.05, 0) is 43.9 Å². The molecule has 0 saturated carbocycles. The number of thiazole rings is 1. The van der Waals surface area contributed by atoms with Gasteiger partial charge in [0, 0.05) is 43.7 Å². The standard InChI is InChI=1S/C24H30ClN5O4S/c1-3-21(31)28-18(11-22-29-17-5-4-16(25)10-20(17)35-22)24(33)30-19(15-6-8-34-9-7-15)13-27-23(32)14(2)12-26/h4-5,10,14-15,18-19H,3,6-9,11,13H2,1-2H3,(H,27,32)(H,28,31)(H,30,33)/t14?,18-,19+/m0/s1. The predicted molar refractivity (Wildman–Crippen MR) is 134 cm³/mol. The van der Waals surface area contributed by atoms with Gasteiger partial charge in [0.2, 0.25) is 17.7 Å². The number of hydrogen-bond acceptors (Lipinski definition) is 7. The Bertz CT molecular complexity index is 1100. The van der Waals surface area contributed by atoms with Crippen molar-refractivity contribution in [2.75, 3.05) is 19.8 Å². The molecule has 1 aliphatic rings. The molecule has 3 rings (SSSR count). The van der Waals surface area contributed by atoms with Crippen LogP contribution in [-0.4, -0.2) is 54.5 Å². The molecule has 35 heavy (non-hydrogen) atoms. The molecule has 3 atom stereocenters. The molecule has 1 fully saturated rings. The Hall–Kier alpha value is -2.74. The van der Waals surface area contributed by atoms with Crippen LogP contribution in [0.15, 0.2) is 18.2 Å². The molecule has 0 radical (unpaired) electrons. The van der Waals surface area contributed by atoms with Crippen molar-refractivity contribution in [1.29, 1.82) is 5.26 Å². The molecule has 1 unspecified atom stereocenters. The van der Waals surface area contributed by atoms with Crippen LogP contribution in [0.4, 0.5) is 0 Å². The van der Waals surface area contributed by atoms with Gasteiger partial charge in [0.05, 0.1) is 21.3 Å². The number of nitrogens with zero attached hydrogens (tertiary/aromatic N) is 2. The summed E-state index contributed by atoms with van der Waals surface area (Å²) in [6.45, 7) is 4.59. The Morgan fingerprint density at radius 1 is 1.26 bits per heavy atom. The highest BCUT2D eigenvalue weighted by Gasteiger charge is 2.30. The molecule has 2 heterocycles. The Kier molecular flexibility index (Phi) is 9.83. The first-order valence-corrected chi connectivity index (χ1v) is 12.9. The highest BCUT2D eigenvalue weighted by molar-refractivity contribution is 7.18. The van der Waals surface area contributed by atoms with E-state index in [1.165, 1.54) is 18.3 Å². The van der Waals surface area contributed by atoms with E-state index >= 15 is 0 Å². The van der Waals surface area contributed by atoms with Crippen molar-refractivity contribution in [3.8, 4) is 6.07 Å². The number of nitriles is 1. The predicted octanol–water partition coefficient (Wildman–Crippen LogP) is 2.57. The van der Waals surface area contributed by atoms with Gasteiger partial charge in [0.1, 0.15) is 12.0 Å². The number of amides is 3. The quantitative estimate of drug-likeness (QED) is 0.442. The van der Waals surface area contributed by atoms with Crippen molar-refractivity contribution < 1.29 is 19.1 Å². The smallest absolute Gasteiger partial charge is 0.243 e. The molecule has 3 amide bonds. The monoisotopic (exact) mass is 519 g/mol. The van der Waals surface area contributed by atoms with E-state index in [1.54, 1.807) is 13.0 Å². The summed E-state index contributed by atoms with van der Waals surface area (Å²) in [7, 11) is 0. The first kappa shape index (κ1) is 26.9. The van der Waals surface area contributed by atoms with Crippen LogP contribution >= 0.6 is 22.9 Å². The van der Waals surface area contributed by atoms with Gasteiger partial charge < -0.3 is 20.7 Å². The van der Waals surface area contributed by atoms with E-state index in [0.717, 1.165) is 23.1 Å². The minimum atomic E-state index is -0.824. The SMILES string of the molecule is CCC(=O)N[C@@H](Cc1nc2ccc(Cl)cc2s1)C(=O)N[C@H](CNC(=O)C(C)C#N)C1CCOCC1. The Morgan fingerprint density at radius 3 is 2.69 bits per heavy atom. The third-order valence-corrected chi connectivity index (χ3v) is 7.27. The normalized spacial score (nSPS) is 16.6. The molecule has 188 valence electrons. The van der Waals surface area contributed by atoms with Crippen LogP contribution in [-0.2, 0) is 25.5 Å². The molecule has 1 aromatic carbocycles. The van der Waals surface area contributed by atoms with Crippen LogP contribution in [0.5, 0.6) is 0 Å². The zero-order valence-corrected chi connectivity index (χ0v) is 21.4. The molecule has 9 nitrogen and oxygen atoms in total. The maximum atomic E-state index is 13.4. The second-order valence-electron chi connectivity index (χ2n) is 8.56. The van der Waals surface area contributed by atoms with Gasteiger partial charge in [0.25, 0.3) is 0 Å². The number of fused-ring (bicyclic) bond motifs is 1. The summed E-state index contributed by atoms with van der Waals surface area (Å²) >= 11 is 7.51. The van der Waals surface area contributed by atoms with Crippen molar-refractivity contribution in [3.05, 3.63) is 28.2 Å². The van der Waals surface area contributed by atoms with Crippen molar-refractivity contribution in [2.24, 2.45) is 11.8 Å². The fourth-order valence-electron chi connectivity index (χ4n) is 3.87. The molecule has 0 bridgehead atoms. The van der Waals surface area contributed by atoms with E-state index in [2.05, 4.69) is 20.9 Å². The van der Waals surface area contributed by atoms with Gasteiger partial charge in [-0.15, -0.1) is 11.3 Å². The number of nitrogens with one attached hydrogen (secondary N) is 3. The fourth-order valence-corrected chi connectivity index (χ4v) is 5.16. The third-order valence-electron chi connectivity index (χ3n) is 5.99. The van der Waals surface area contributed by atoms with Crippen molar-refractivity contribution >= 4 is 50.9 Å².